The van der Waals surface area contributed by atoms with E-state index in [0.29, 0.717) is 25.0 Å². The number of thiazole rings is 1. The molecule has 1 aromatic heterocycles. The zero-order chi connectivity index (χ0) is 15.7. The topological polar surface area (TPSA) is 79.6 Å². The van der Waals surface area contributed by atoms with E-state index in [9.17, 15) is 14.4 Å². The van der Waals surface area contributed by atoms with Crippen LogP contribution in [-0.4, -0.2) is 37.3 Å². The zero-order valence-electron chi connectivity index (χ0n) is 11.3. The summed E-state index contributed by atoms with van der Waals surface area (Å²) >= 11 is 7.35. The molecule has 1 N–H and O–H groups in total. The number of thiocarbonyl (C=S) groups is 1. The molecule has 21 heavy (non-hydrogen) atoms. The van der Waals surface area contributed by atoms with Crippen LogP contribution in [0.5, 0.6) is 0 Å². The van der Waals surface area contributed by atoms with Crippen molar-refractivity contribution in [2.45, 2.75) is 20.4 Å². The predicted molar refractivity (Wildman–Crippen MR) is 86.6 cm³/mol. The quantitative estimate of drug-likeness (QED) is 0.764. The molecule has 0 spiro atoms. The van der Waals surface area contributed by atoms with Crippen LogP contribution in [0.25, 0.3) is 11.0 Å². The number of carbonyl (C=O) groups is 2. The Hall–Kier alpha value is -1.45. The van der Waals surface area contributed by atoms with E-state index in [1.54, 1.807) is 19.9 Å². The number of hydrogen-bond acceptors (Lipinski definition) is 6. The molecular formula is C12H12N2O4S3. The lowest BCUT2D eigenvalue weighted by atomic mass is 10.5. The lowest BCUT2D eigenvalue weighted by Gasteiger charge is -2.09. The fourth-order valence-electron chi connectivity index (χ4n) is 1.86. The minimum Gasteiger partial charge on any atom is -0.480 e. The molecule has 2 rings (SSSR count). The van der Waals surface area contributed by atoms with Crippen LogP contribution < -0.4 is 14.8 Å². The van der Waals surface area contributed by atoms with E-state index >= 15 is 0 Å². The van der Waals surface area contributed by atoms with Gasteiger partial charge in [-0.25, -0.2) is 0 Å². The summed E-state index contributed by atoms with van der Waals surface area (Å²) in [4.78, 5) is 37.2. The number of aromatic nitrogens is 1. The van der Waals surface area contributed by atoms with E-state index < -0.39 is 18.1 Å². The molecule has 0 atom stereocenters. The Bertz CT molecular complexity index is 805. The number of aliphatic carboxylic acids is 1. The molecule has 0 saturated carbocycles. The van der Waals surface area contributed by atoms with Crippen LogP contribution in [0.4, 0.5) is 0 Å². The standard InChI is InChI=1S/C12H12N2O4S3/c1-3-6-9(17)14(5-7(15)16)11(20-6)8-10(18)13(4-2)12(19)21-8/h3H,4-5H2,1-2H3,(H,15,16)/b6-3+,11-8+. The van der Waals surface area contributed by atoms with Gasteiger partial charge in [0.15, 0.2) is 0 Å². The molecule has 9 heteroatoms. The van der Waals surface area contributed by atoms with Gasteiger partial charge < -0.3 is 5.11 Å². The first-order chi connectivity index (χ1) is 9.90. The van der Waals surface area contributed by atoms with E-state index in [1.807, 2.05) is 0 Å². The molecule has 0 aliphatic carbocycles. The molecule has 1 amide bonds. The van der Waals surface area contributed by atoms with Crippen LogP contribution in [0, 0.1) is 0 Å². The summed E-state index contributed by atoms with van der Waals surface area (Å²) in [6.07, 6.45) is 1.61. The molecule has 0 aromatic carbocycles. The molecule has 6 nitrogen and oxygen atoms in total. The average Bonchev–Trinajstić information content (AvgIpc) is 2.88. The minimum atomic E-state index is -1.13. The molecule has 1 fully saturated rings. The Morgan fingerprint density at radius 1 is 1.43 bits per heavy atom. The summed E-state index contributed by atoms with van der Waals surface area (Å²) in [5.74, 6) is -1.42. The van der Waals surface area contributed by atoms with Crippen LogP contribution in [0.15, 0.2) is 4.79 Å². The molecule has 1 saturated heterocycles. The highest BCUT2D eigenvalue weighted by Crippen LogP contribution is 2.30. The predicted octanol–water partition coefficient (Wildman–Crippen LogP) is -0.217. The third kappa shape index (κ3) is 2.81. The number of carboxylic acid groups (broad SMARTS) is 1. The summed E-state index contributed by atoms with van der Waals surface area (Å²) in [5.41, 5.74) is -0.401. The van der Waals surface area contributed by atoms with Gasteiger partial charge in [-0.2, -0.15) is 0 Å². The highest BCUT2D eigenvalue weighted by molar-refractivity contribution is 8.30. The van der Waals surface area contributed by atoms with Gasteiger partial charge in [-0.3, -0.25) is 23.9 Å². The van der Waals surface area contributed by atoms with Crippen LogP contribution in [0.1, 0.15) is 13.8 Å². The number of carboxylic acids is 1. The molecular weight excluding hydrogens is 332 g/mol. The van der Waals surface area contributed by atoms with Gasteiger partial charge in [0.25, 0.3) is 11.5 Å². The second kappa shape index (κ2) is 6.12. The van der Waals surface area contributed by atoms with Gasteiger partial charge >= 0.3 is 5.97 Å². The van der Waals surface area contributed by atoms with Crippen molar-refractivity contribution in [1.29, 1.82) is 0 Å². The lowest BCUT2D eigenvalue weighted by Crippen LogP contribution is -2.35. The SMILES string of the molecule is C/C=c1/s/c(=C2/SC(=S)N(CC)C2=O)n(CC(=O)O)c1=O. The van der Waals surface area contributed by atoms with Gasteiger partial charge in [-0.15, -0.1) is 11.3 Å². The number of carbonyl (C=O) groups excluding carboxylic acids is 1. The fraction of sp³-hybridized carbons (Fsp3) is 0.333. The van der Waals surface area contributed by atoms with E-state index in [-0.39, 0.29) is 5.91 Å². The van der Waals surface area contributed by atoms with Gasteiger partial charge in [0.1, 0.15) is 20.4 Å². The highest BCUT2D eigenvalue weighted by Gasteiger charge is 2.33. The zero-order valence-corrected chi connectivity index (χ0v) is 13.7. The number of hydrogen-bond donors (Lipinski definition) is 1. The van der Waals surface area contributed by atoms with Crippen molar-refractivity contribution in [3.05, 3.63) is 19.5 Å². The molecule has 0 radical (unpaired) electrons. The molecule has 1 aliphatic heterocycles. The molecule has 112 valence electrons. The molecule has 0 bridgehead atoms. The first-order valence-electron chi connectivity index (χ1n) is 6.06. The van der Waals surface area contributed by atoms with Crippen molar-refractivity contribution in [2.24, 2.45) is 0 Å². The Balaban J connectivity index is 2.77. The maximum Gasteiger partial charge on any atom is 0.323 e. The summed E-state index contributed by atoms with van der Waals surface area (Å²) in [5, 5.41) is 8.95. The van der Waals surface area contributed by atoms with Gasteiger partial charge in [0.2, 0.25) is 0 Å². The average molecular weight is 344 g/mol. The normalized spacial score (nSPS) is 18.8. The maximum atomic E-state index is 12.3. The van der Waals surface area contributed by atoms with Crippen LogP contribution in [-0.2, 0) is 16.1 Å². The first kappa shape index (κ1) is 15.9. The van der Waals surface area contributed by atoms with Crippen molar-refractivity contribution in [3.8, 4) is 0 Å². The van der Waals surface area contributed by atoms with Gasteiger partial charge in [-0.05, 0) is 13.8 Å². The highest BCUT2D eigenvalue weighted by atomic mass is 32.2. The smallest absolute Gasteiger partial charge is 0.323 e. The number of amides is 1. The number of nitrogens with zero attached hydrogens (tertiary/aromatic N) is 2. The summed E-state index contributed by atoms with van der Waals surface area (Å²) in [7, 11) is 0. The van der Waals surface area contributed by atoms with Crippen molar-refractivity contribution >= 4 is 62.5 Å². The van der Waals surface area contributed by atoms with Crippen molar-refractivity contribution < 1.29 is 14.7 Å². The summed E-state index contributed by atoms with van der Waals surface area (Å²) in [6.45, 7) is 3.46. The Morgan fingerprint density at radius 3 is 2.57 bits per heavy atom. The fourth-order valence-corrected chi connectivity index (χ4v) is 4.42. The van der Waals surface area contributed by atoms with Crippen molar-refractivity contribution in [1.82, 2.24) is 9.47 Å². The van der Waals surface area contributed by atoms with E-state index in [1.165, 1.54) is 4.90 Å². The van der Waals surface area contributed by atoms with Gasteiger partial charge in [0.05, 0.1) is 4.53 Å². The van der Waals surface area contributed by atoms with Crippen LogP contribution >= 0.6 is 35.3 Å². The summed E-state index contributed by atoms with van der Waals surface area (Å²) < 4.78 is 2.30. The van der Waals surface area contributed by atoms with Crippen molar-refractivity contribution in [2.75, 3.05) is 6.54 Å². The Kier molecular flexibility index (Phi) is 4.64. The van der Waals surface area contributed by atoms with Gasteiger partial charge in [-0.1, -0.05) is 30.1 Å². The Morgan fingerprint density at radius 2 is 2.10 bits per heavy atom. The molecule has 0 unspecified atom stereocenters. The molecule has 1 aromatic rings. The van der Waals surface area contributed by atoms with E-state index in [2.05, 4.69) is 0 Å². The second-order valence-electron chi connectivity index (χ2n) is 4.09. The van der Waals surface area contributed by atoms with E-state index in [4.69, 9.17) is 17.3 Å². The minimum absolute atomic E-state index is 0.282. The third-order valence-electron chi connectivity index (χ3n) is 2.82. The number of thioether (sulfide) groups is 1. The van der Waals surface area contributed by atoms with Crippen LogP contribution in [0.2, 0.25) is 0 Å². The summed E-state index contributed by atoms with van der Waals surface area (Å²) in [6, 6.07) is 0. The second-order valence-corrected chi connectivity index (χ2v) is 6.77. The first-order valence-corrected chi connectivity index (χ1v) is 8.10. The third-order valence-corrected chi connectivity index (χ3v) is 5.64. The van der Waals surface area contributed by atoms with E-state index in [0.717, 1.165) is 27.7 Å². The molecule has 1 aliphatic rings. The monoisotopic (exact) mass is 344 g/mol. The van der Waals surface area contributed by atoms with Crippen molar-refractivity contribution in [3.63, 3.8) is 0 Å². The molecule has 2 heterocycles. The lowest BCUT2D eigenvalue weighted by molar-refractivity contribution is -0.137. The Labute approximate surface area is 133 Å². The van der Waals surface area contributed by atoms with Gasteiger partial charge in [0, 0.05) is 6.54 Å². The largest absolute Gasteiger partial charge is 0.480 e. The number of rotatable bonds is 3. The maximum absolute atomic E-state index is 12.3. The van der Waals surface area contributed by atoms with Crippen LogP contribution in [0.3, 0.4) is 0 Å².